The van der Waals surface area contributed by atoms with Crippen LogP contribution < -0.4 is 9.25 Å². The van der Waals surface area contributed by atoms with E-state index in [0.29, 0.717) is 16.5 Å². The second kappa shape index (κ2) is 13.2. The van der Waals surface area contributed by atoms with E-state index in [1.807, 2.05) is 37.3 Å². The van der Waals surface area contributed by atoms with Crippen molar-refractivity contribution < 1.29 is 27.5 Å². The number of hydrogen-bond acceptors (Lipinski definition) is 6. The molecule has 0 bridgehead atoms. The first-order valence-corrected chi connectivity index (χ1v) is 17.4. The third kappa shape index (κ3) is 7.60. The van der Waals surface area contributed by atoms with Gasteiger partial charge < -0.3 is 0 Å². The number of nitrogens with zero attached hydrogens (tertiary/aromatic N) is 1. The van der Waals surface area contributed by atoms with E-state index in [1.165, 1.54) is 23.1 Å². The number of amides is 1. The molecular weight excluding hydrogens is 517 g/mol. The summed E-state index contributed by atoms with van der Waals surface area (Å²) < 4.78 is 36.8. The molecule has 2 rings (SSSR count). The van der Waals surface area contributed by atoms with Gasteiger partial charge in [-0.05, 0) is 0 Å². The van der Waals surface area contributed by atoms with Gasteiger partial charge in [0.15, 0.2) is 0 Å². The summed E-state index contributed by atoms with van der Waals surface area (Å²) in [5.74, 6) is -0.561. The Morgan fingerprint density at radius 3 is 2.38 bits per heavy atom. The van der Waals surface area contributed by atoms with E-state index in [4.69, 9.17) is 9.47 Å². The first-order valence-electron chi connectivity index (χ1n) is 10.7. The summed E-state index contributed by atoms with van der Waals surface area (Å²) in [7, 11) is -3.32. The Kier molecular flexibility index (Phi) is 10.6. The van der Waals surface area contributed by atoms with Crippen molar-refractivity contribution in [3.8, 4) is 0 Å². The molecule has 0 saturated heterocycles. The van der Waals surface area contributed by atoms with Crippen molar-refractivity contribution in [2.24, 2.45) is 0 Å². The molecule has 1 unspecified atom stereocenters. The van der Waals surface area contributed by atoms with Crippen LogP contribution in [0.3, 0.4) is 0 Å². The van der Waals surface area contributed by atoms with Crippen LogP contribution in [0.15, 0.2) is 73.8 Å². The van der Waals surface area contributed by atoms with Gasteiger partial charge in [0.05, 0.1) is 0 Å². The maximum atomic E-state index is 13.0. The number of esters is 1. The van der Waals surface area contributed by atoms with E-state index in [2.05, 4.69) is 13.2 Å². The van der Waals surface area contributed by atoms with Crippen molar-refractivity contribution in [3.05, 3.63) is 85.0 Å². The second-order valence-electron chi connectivity index (χ2n) is 7.35. The summed E-state index contributed by atoms with van der Waals surface area (Å²) in [4.78, 5) is 26.9. The number of benzene rings is 2. The van der Waals surface area contributed by atoms with Gasteiger partial charge >= 0.3 is 206 Å². The van der Waals surface area contributed by atoms with Crippen molar-refractivity contribution in [1.29, 1.82) is 0 Å². The van der Waals surface area contributed by atoms with Gasteiger partial charge in [0.1, 0.15) is 0 Å². The molecule has 0 aliphatic rings. The molecule has 1 amide bonds. The van der Waals surface area contributed by atoms with E-state index in [-0.39, 0.29) is 31.1 Å². The molecule has 34 heavy (non-hydrogen) atoms. The van der Waals surface area contributed by atoms with E-state index in [9.17, 15) is 18.0 Å². The van der Waals surface area contributed by atoms with Crippen molar-refractivity contribution in [1.82, 2.24) is 0 Å². The van der Waals surface area contributed by atoms with Gasteiger partial charge in [-0.25, -0.2) is 0 Å². The fraction of sp³-hybridized carbons (Fsp3) is 0.280. The zero-order valence-electron chi connectivity index (χ0n) is 19.5. The molecule has 0 aromatic heterocycles. The molecule has 1 atom stereocenters. The van der Waals surface area contributed by atoms with Crippen LogP contribution in [-0.4, -0.2) is 52.9 Å². The molecule has 7 nitrogen and oxygen atoms in total. The zero-order valence-corrected chi connectivity index (χ0v) is 22.2. The number of carbonyl (C=O) groups excluding carboxylic acids is 2. The summed E-state index contributed by atoms with van der Waals surface area (Å²) in [5.41, 5.74) is 3.03. The minimum atomic E-state index is -3.32. The topological polar surface area (TPSA) is 90.0 Å². The second-order valence-corrected chi connectivity index (χ2v) is 18.4. The summed E-state index contributed by atoms with van der Waals surface area (Å²) in [6.07, 6.45) is 2.83. The Balaban J connectivity index is 2.46. The SMILES string of the molecule is C=CCOC(=O)c1cc(N(CC=C)C(=O)OCc2ccccc2)cc([As](C)S(=O)(=O)CCC)c1. The molecule has 2 aromatic rings. The van der Waals surface area contributed by atoms with Gasteiger partial charge in [-0.15, -0.1) is 0 Å². The molecule has 0 fully saturated rings. The maximum absolute atomic E-state index is 13.0. The van der Waals surface area contributed by atoms with Crippen molar-refractivity contribution >= 4 is 43.7 Å². The summed E-state index contributed by atoms with van der Waals surface area (Å²) in [5, 5.41) is 0. The minimum absolute atomic E-state index is 0.00949. The Labute approximate surface area is 205 Å². The Morgan fingerprint density at radius 2 is 1.76 bits per heavy atom. The summed E-state index contributed by atoms with van der Waals surface area (Å²) >= 11 is -2.61. The van der Waals surface area contributed by atoms with Gasteiger partial charge in [0.25, 0.3) is 0 Å². The standard InChI is InChI=1S/C25H30AsNO6S/c1-5-13-27(25(29)33-19-20-11-9-8-10-12-20)23-17-21(24(28)32-14-6-2)16-22(18-23)26(4)34(30,31)15-7-3/h5-6,8-12,16-18H,1-2,7,13-15,19H2,3-4H3. The van der Waals surface area contributed by atoms with Crippen LogP contribution in [0.1, 0.15) is 29.3 Å². The van der Waals surface area contributed by atoms with Crippen LogP contribution in [0.2, 0.25) is 5.71 Å². The number of hydrogen-bond donors (Lipinski definition) is 0. The fourth-order valence-electron chi connectivity index (χ4n) is 3.04. The molecule has 0 aliphatic carbocycles. The normalized spacial score (nSPS) is 11.8. The molecule has 9 heteroatoms. The predicted octanol–water partition coefficient (Wildman–Crippen LogP) is 4.01. The van der Waals surface area contributed by atoms with Crippen LogP contribution in [0.25, 0.3) is 0 Å². The van der Waals surface area contributed by atoms with E-state index >= 15 is 0 Å². The summed E-state index contributed by atoms with van der Waals surface area (Å²) in [6.45, 7) is 9.23. The number of rotatable bonds is 12. The van der Waals surface area contributed by atoms with Crippen LogP contribution in [0.5, 0.6) is 0 Å². The number of carbonyl (C=O) groups is 2. The number of ether oxygens (including phenoxy) is 2. The van der Waals surface area contributed by atoms with Gasteiger partial charge in [-0.1, -0.05) is 0 Å². The molecule has 0 saturated carbocycles. The van der Waals surface area contributed by atoms with E-state index in [1.54, 1.807) is 17.8 Å². The predicted molar refractivity (Wildman–Crippen MR) is 136 cm³/mol. The quantitative estimate of drug-likeness (QED) is 0.227. The van der Waals surface area contributed by atoms with Crippen molar-refractivity contribution in [3.63, 3.8) is 0 Å². The van der Waals surface area contributed by atoms with Crippen LogP contribution >= 0.6 is 0 Å². The molecule has 0 spiro atoms. The Hall–Kier alpha value is -2.83. The van der Waals surface area contributed by atoms with Gasteiger partial charge in [0, 0.05) is 0 Å². The first-order chi connectivity index (χ1) is 16.2. The molecule has 182 valence electrons. The van der Waals surface area contributed by atoms with Crippen LogP contribution in [0.4, 0.5) is 10.5 Å². The average Bonchev–Trinajstić information content (AvgIpc) is 2.84. The average molecular weight is 548 g/mol. The molecule has 0 radical (unpaired) electrons. The molecule has 0 heterocycles. The third-order valence-corrected chi connectivity index (χ3v) is 16.1. The van der Waals surface area contributed by atoms with Crippen molar-refractivity contribution in [2.75, 3.05) is 23.8 Å². The van der Waals surface area contributed by atoms with Gasteiger partial charge in [0.2, 0.25) is 0 Å². The monoisotopic (exact) mass is 547 g/mol. The van der Waals surface area contributed by atoms with Gasteiger partial charge in [-0.2, -0.15) is 0 Å². The van der Waals surface area contributed by atoms with E-state index in [0.717, 1.165) is 5.56 Å². The fourth-order valence-corrected chi connectivity index (χ4v) is 10.9. The summed E-state index contributed by atoms with van der Waals surface area (Å²) in [6, 6.07) is 13.9. The van der Waals surface area contributed by atoms with Crippen molar-refractivity contribution in [2.45, 2.75) is 25.7 Å². The molecule has 0 aliphatic heterocycles. The Morgan fingerprint density at radius 1 is 1.06 bits per heavy atom. The number of anilines is 1. The van der Waals surface area contributed by atoms with Crippen LogP contribution in [0, 0.1) is 0 Å². The van der Waals surface area contributed by atoms with Crippen LogP contribution in [-0.2, 0) is 24.2 Å². The molecular formula is C25H30AsNO6S. The molecule has 0 N–H and O–H groups in total. The third-order valence-electron chi connectivity index (χ3n) is 4.76. The van der Waals surface area contributed by atoms with E-state index < -0.39 is 33.7 Å². The molecule has 2 aromatic carbocycles. The first kappa shape index (κ1) is 27.4. The van der Waals surface area contributed by atoms with Gasteiger partial charge in [-0.3, -0.25) is 0 Å². The zero-order chi connectivity index (χ0) is 25.1. The Bertz CT molecular complexity index is 1120.